The fourth-order valence-corrected chi connectivity index (χ4v) is 3.18. The van der Waals surface area contributed by atoms with E-state index in [0.717, 1.165) is 36.5 Å². The standard InChI is InChI=1S/C16H28O2S2/c1-14(2)8-6-9-15(3)10-7-11-16(4)12-13-19-20(5,17)18/h8,10,12H,6-7,9,11,13H2,1-5H3/b15-10+,16-12+. The van der Waals surface area contributed by atoms with Gasteiger partial charge in [-0.1, -0.05) is 34.9 Å². The van der Waals surface area contributed by atoms with Crippen LogP contribution in [0.3, 0.4) is 0 Å². The van der Waals surface area contributed by atoms with Crippen LogP contribution in [0.25, 0.3) is 0 Å². The molecular formula is C16H28O2S2. The highest BCUT2D eigenvalue weighted by molar-refractivity contribution is 8.71. The molecule has 0 fully saturated rings. The average molecular weight is 317 g/mol. The predicted molar refractivity (Wildman–Crippen MR) is 92.7 cm³/mol. The Labute approximate surface area is 128 Å². The Morgan fingerprint density at radius 2 is 1.40 bits per heavy atom. The topological polar surface area (TPSA) is 34.1 Å². The lowest BCUT2D eigenvalue weighted by molar-refractivity contribution is 0.615. The Balaban J connectivity index is 3.97. The molecule has 0 radical (unpaired) electrons. The number of hydrogen-bond acceptors (Lipinski definition) is 3. The van der Waals surface area contributed by atoms with Crippen LogP contribution in [-0.2, 0) is 8.87 Å². The van der Waals surface area contributed by atoms with Crippen molar-refractivity contribution in [1.29, 1.82) is 0 Å². The first-order valence-electron chi connectivity index (χ1n) is 6.99. The summed E-state index contributed by atoms with van der Waals surface area (Å²) in [6.45, 7) is 8.50. The first-order valence-corrected chi connectivity index (χ1v) is 10.4. The number of rotatable bonds is 9. The van der Waals surface area contributed by atoms with Gasteiger partial charge in [0.1, 0.15) is 0 Å². The minimum Gasteiger partial charge on any atom is -0.218 e. The molecule has 4 heteroatoms. The molecule has 0 rings (SSSR count). The summed E-state index contributed by atoms with van der Waals surface area (Å²) in [6, 6.07) is 0. The molecule has 116 valence electrons. The first-order chi connectivity index (χ1) is 9.20. The lowest BCUT2D eigenvalue weighted by atomic mass is 10.1. The van der Waals surface area contributed by atoms with E-state index in [1.54, 1.807) is 0 Å². The van der Waals surface area contributed by atoms with Crippen LogP contribution in [0.1, 0.15) is 53.4 Å². The molecule has 2 nitrogen and oxygen atoms in total. The zero-order valence-electron chi connectivity index (χ0n) is 13.4. The van der Waals surface area contributed by atoms with Gasteiger partial charge >= 0.3 is 0 Å². The lowest BCUT2D eigenvalue weighted by Gasteiger charge is -2.01. The molecule has 0 aliphatic heterocycles. The molecule has 0 saturated carbocycles. The van der Waals surface area contributed by atoms with Crippen molar-refractivity contribution in [2.45, 2.75) is 53.4 Å². The van der Waals surface area contributed by atoms with Crippen LogP contribution in [0.15, 0.2) is 34.9 Å². The van der Waals surface area contributed by atoms with E-state index in [9.17, 15) is 8.42 Å². The third kappa shape index (κ3) is 13.9. The molecule has 0 saturated heterocycles. The van der Waals surface area contributed by atoms with Gasteiger partial charge in [0, 0.05) is 12.0 Å². The Bertz CT molecular complexity index is 465. The van der Waals surface area contributed by atoms with Gasteiger partial charge in [0.25, 0.3) is 0 Å². The number of allylic oxidation sites excluding steroid dienone is 5. The summed E-state index contributed by atoms with van der Waals surface area (Å²) in [5, 5.41) is 0. The summed E-state index contributed by atoms with van der Waals surface area (Å²) in [6.07, 6.45) is 12.1. The molecule has 0 aliphatic rings. The average Bonchev–Trinajstić information content (AvgIpc) is 2.26. The maximum atomic E-state index is 11.0. The van der Waals surface area contributed by atoms with Crippen LogP contribution in [-0.4, -0.2) is 20.4 Å². The molecule has 0 unspecified atom stereocenters. The Morgan fingerprint density at radius 3 is 1.90 bits per heavy atom. The fraction of sp³-hybridized carbons (Fsp3) is 0.625. The van der Waals surface area contributed by atoms with Crippen LogP contribution in [0.4, 0.5) is 0 Å². The quantitative estimate of drug-likeness (QED) is 0.438. The van der Waals surface area contributed by atoms with Gasteiger partial charge in [0.2, 0.25) is 0 Å². The zero-order chi connectivity index (χ0) is 15.6. The van der Waals surface area contributed by atoms with Crippen LogP contribution < -0.4 is 0 Å². The van der Waals surface area contributed by atoms with Crippen molar-refractivity contribution < 1.29 is 8.42 Å². The van der Waals surface area contributed by atoms with Gasteiger partial charge in [0.15, 0.2) is 8.87 Å². The van der Waals surface area contributed by atoms with Crippen LogP contribution in [0.5, 0.6) is 0 Å². The summed E-state index contributed by atoms with van der Waals surface area (Å²) < 4.78 is 22.0. The Morgan fingerprint density at radius 1 is 0.900 bits per heavy atom. The lowest BCUT2D eigenvalue weighted by Crippen LogP contribution is -1.89. The van der Waals surface area contributed by atoms with Crippen LogP contribution >= 0.6 is 10.8 Å². The van der Waals surface area contributed by atoms with Crippen molar-refractivity contribution in [1.82, 2.24) is 0 Å². The molecule has 0 bridgehead atoms. The van der Waals surface area contributed by atoms with Crippen molar-refractivity contribution in [2.75, 3.05) is 12.0 Å². The van der Waals surface area contributed by atoms with Crippen molar-refractivity contribution in [3.8, 4) is 0 Å². The largest absolute Gasteiger partial charge is 0.218 e. The van der Waals surface area contributed by atoms with Crippen molar-refractivity contribution in [3.63, 3.8) is 0 Å². The summed E-state index contributed by atoms with van der Waals surface area (Å²) in [5.41, 5.74) is 4.07. The Kier molecular flexibility index (Phi) is 10.0. The molecule has 0 aromatic heterocycles. The smallest absolute Gasteiger partial charge is 0.198 e. The van der Waals surface area contributed by atoms with Crippen molar-refractivity contribution >= 4 is 19.7 Å². The van der Waals surface area contributed by atoms with E-state index in [-0.39, 0.29) is 0 Å². The van der Waals surface area contributed by atoms with E-state index < -0.39 is 8.87 Å². The van der Waals surface area contributed by atoms with Crippen molar-refractivity contribution in [3.05, 3.63) is 34.9 Å². The molecule has 0 spiro atoms. The van der Waals surface area contributed by atoms with E-state index in [4.69, 9.17) is 0 Å². The van der Waals surface area contributed by atoms with Crippen LogP contribution in [0, 0.1) is 0 Å². The minimum atomic E-state index is -2.92. The molecule has 0 aromatic carbocycles. The van der Waals surface area contributed by atoms with Gasteiger partial charge in [-0.25, -0.2) is 8.42 Å². The van der Waals surface area contributed by atoms with Gasteiger partial charge in [0.05, 0.1) is 0 Å². The second kappa shape index (κ2) is 10.3. The molecule has 0 aromatic rings. The predicted octanol–water partition coefficient (Wildman–Crippen LogP) is 5.10. The SMILES string of the molecule is CC(C)=CCC/C(C)=C/CC/C(C)=C/CSS(C)(=O)=O. The third-order valence-electron chi connectivity index (χ3n) is 2.84. The monoisotopic (exact) mass is 316 g/mol. The molecule has 0 N–H and O–H groups in total. The van der Waals surface area contributed by atoms with E-state index >= 15 is 0 Å². The molecule has 0 heterocycles. The van der Waals surface area contributed by atoms with E-state index in [0.29, 0.717) is 5.75 Å². The third-order valence-corrected chi connectivity index (χ3v) is 5.26. The molecule has 20 heavy (non-hydrogen) atoms. The van der Waals surface area contributed by atoms with Gasteiger partial charge in [-0.3, -0.25) is 0 Å². The molecule has 0 aliphatic carbocycles. The molecule has 0 amide bonds. The van der Waals surface area contributed by atoms with Crippen molar-refractivity contribution in [2.24, 2.45) is 0 Å². The molecular weight excluding hydrogens is 288 g/mol. The minimum absolute atomic E-state index is 0.550. The highest BCUT2D eigenvalue weighted by Crippen LogP contribution is 2.14. The highest BCUT2D eigenvalue weighted by Gasteiger charge is 2.00. The van der Waals surface area contributed by atoms with Gasteiger partial charge in [-0.05, 0) is 64.2 Å². The summed E-state index contributed by atoms with van der Waals surface area (Å²) in [4.78, 5) is 0. The van der Waals surface area contributed by atoms with E-state index in [1.807, 2.05) is 6.08 Å². The van der Waals surface area contributed by atoms with E-state index in [2.05, 4.69) is 39.8 Å². The zero-order valence-corrected chi connectivity index (χ0v) is 15.0. The Hall–Kier alpha value is -0.480. The number of hydrogen-bond donors (Lipinski definition) is 0. The van der Waals surface area contributed by atoms with Gasteiger partial charge in [-0.15, -0.1) is 0 Å². The summed E-state index contributed by atoms with van der Waals surface area (Å²) in [7, 11) is -1.93. The summed E-state index contributed by atoms with van der Waals surface area (Å²) >= 11 is 0. The summed E-state index contributed by atoms with van der Waals surface area (Å²) in [5.74, 6) is 0.550. The second-order valence-electron chi connectivity index (χ2n) is 5.45. The maximum absolute atomic E-state index is 11.0. The first kappa shape index (κ1) is 19.5. The molecule has 0 atom stereocenters. The van der Waals surface area contributed by atoms with E-state index in [1.165, 1.54) is 23.0 Å². The second-order valence-corrected chi connectivity index (χ2v) is 9.95. The van der Waals surface area contributed by atoms with Crippen LogP contribution in [0.2, 0.25) is 0 Å². The fourth-order valence-electron chi connectivity index (χ4n) is 1.64. The van der Waals surface area contributed by atoms with Gasteiger partial charge in [-0.2, -0.15) is 0 Å². The normalized spacial score (nSPS) is 13.4. The highest BCUT2D eigenvalue weighted by atomic mass is 33.1. The van der Waals surface area contributed by atoms with Gasteiger partial charge < -0.3 is 0 Å². The maximum Gasteiger partial charge on any atom is 0.198 e.